The molecule has 32 heavy (non-hydrogen) atoms. The van der Waals surface area contributed by atoms with Gasteiger partial charge in [0.25, 0.3) is 0 Å². The molecular formula is C25H21Cl2N3OS. The number of para-hydroxylation sites is 1. The van der Waals surface area contributed by atoms with Crippen LogP contribution in [0.15, 0.2) is 82.8 Å². The van der Waals surface area contributed by atoms with Crippen molar-refractivity contribution in [3.63, 3.8) is 0 Å². The molecule has 0 spiro atoms. The molecule has 1 aromatic heterocycles. The van der Waals surface area contributed by atoms with Gasteiger partial charge in [-0.2, -0.15) is 5.10 Å². The fourth-order valence-corrected chi connectivity index (χ4v) is 4.51. The van der Waals surface area contributed by atoms with E-state index >= 15 is 0 Å². The lowest BCUT2D eigenvalue weighted by Crippen LogP contribution is -2.19. The zero-order valence-electron chi connectivity index (χ0n) is 17.4. The van der Waals surface area contributed by atoms with Crippen molar-refractivity contribution in [3.8, 4) is 0 Å². The summed E-state index contributed by atoms with van der Waals surface area (Å²) in [5.41, 5.74) is 6.80. The van der Waals surface area contributed by atoms with E-state index in [2.05, 4.69) is 34.2 Å². The van der Waals surface area contributed by atoms with Crippen molar-refractivity contribution in [2.75, 3.05) is 5.75 Å². The summed E-state index contributed by atoms with van der Waals surface area (Å²) >= 11 is 13.7. The SMILES string of the molecule is Cc1c(/C=N\NC(=O)CSc2ccc(Cl)cc2)c2ccccc2n1Cc1ccccc1Cl. The van der Waals surface area contributed by atoms with Gasteiger partial charge in [-0.05, 0) is 48.9 Å². The molecule has 1 N–H and O–H groups in total. The van der Waals surface area contributed by atoms with Crippen LogP contribution in [0.2, 0.25) is 10.0 Å². The molecule has 4 nitrogen and oxygen atoms in total. The van der Waals surface area contributed by atoms with Crippen molar-refractivity contribution < 1.29 is 4.79 Å². The van der Waals surface area contributed by atoms with E-state index < -0.39 is 0 Å². The fraction of sp³-hybridized carbons (Fsp3) is 0.120. The Morgan fingerprint density at radius 3 is 2.53 bits per heavy atom. The summed E-state index contributed by atoms with van der Waals surface area (Å²) in [7, 11) is 0. The number of rotatable bonds is 7. The average Bonchev–Trinajstić information content (AvgIpc) is 3.06. The Bertz CT molecular complexity index is 1280. The molecule has 4 rings (SSSR count). The van der Waals surface area contributed by atoms with Crippen LogP contribution < -0.4 is 5.43 Å². The second-order valence-corrected chi connectivity index (χ2v) is 9.12. The highest BCUT2D eigenvalue weighted by atomic mass is 35.5. The maximum absolute atomic E-state index is 12.2. The molecule has 0 aliphatic carbocycles. The number of carbonyl (C=O) groups excluding carboxylic acids is 1. The minimum Gasteiger partial charge on any atom is -0.340 e. The number of thioether (sulfide) groups is 1. The molecule has 0 aliphatic rings. The maximum atomic E-state index is 12.2. The van der Waals surface area contributed by atoms with E-state index in [9.17, 15) is 4.79 Å². The van der Waals surface area contributed by atoms with Crippen LogP contribution in [0, 0.1) is 6.92 Å². The summed E-state index contributed by atoms with van der Waals surface area (Å²) in [6, 6.07) is 23.4. The number of benzene rings is 3. The number of nitrogens with one attached hydrogen (secondary N) is 1. The standard InChI is InChI=1S/C25H21Cl2N3OS/c1-17-22(14-28-29-25(31)16-32-20-12-10-19(26)11-13-20)21-7-3-5-9-24(21)30(17)15-18-6-2-4-8-23(18)27/h2-14H,15-16H2,1H3,(H,29,31)/b28-14-. The Morgan fingerprint density at radius 2 is 1.75 bits per heavy atom. The fourth-order valence-electron chi connectivity index (χ4n) is 3.50. The summed E-state index contributed by atoms with van der Waals surface area (Å²) in [6.07, 6.45) is 1.71. The monoisotopic (exact) mass is 481 g/mol. The normalized spacial score (nSPS) is 11.3. The summed E-state index contributed by atoms with van der Waals surface area (Å²) in [6.45, 7) is 2.71. The lowest BCUT2D eigenvalue weighted by molar-refractivity contribution is -0.118. The third kappa shape index (κ3) is 5.18. The molecule has 0 saturated heterocycles. The predicted octanol–water partition coefficient (Wildman–Crippen LogP) is 6.55. The van der Waals surface area contributed by atoms with Crippen molar-refractivity contribution >= 4 is 58.0 Å². The van der Waals surface area contributed by atoms with Crippen LogP contribution in [0.4, 0.5) is 0 Å². The second kappa shape index (κ2) is 10.3. The number of amides is 1. The zero-order valence-corrected chi connectivity index (χ0v) is 19.7. The second-order valence-electron chi connectivity index (χ2n) is 7.23. The third-order valence-corrected chi connectivity index (χ3v) is 6.77. The number of hydrazone groups is 1. The van der Waals surface area contributed by atoms with Gasteiger partial charge in [0.2, 0.25) is 5.91 Å². The summed E-state index contributed by atoms with van der Waals surface area (Å²) in [5, 5.41) is 6.71. The summed E-state index contributed by atoms with van der Waals surface area (Å²) < 4.78 is 2.22. The molecule has 0 saturated carbocycles. The van der Waals surface area contributed by atoms with Gasteiger partial charge in [0, 0.05) is 43.6 Å². The van der Waals surface area contributed by atoms with E-state index in [1.807, 2.05) is 48.5 Å². The van der Waals surface area contributed by atoms with Crippen LogP contribution in [0.5, 0.6) is 0 Å². The third-order valence-electron chi connectivity index (χ3n) is 5.13. The van der Waals surface area contributed by atoms with Crippen molar-refractivity contribution in [1.29, 1.82) is 0 Å². The van der Waals surface area contributed by atoms with Gasteiger partial charge in [-0.15, -0.1) is 11.8 Å². The van der Waals surface area contributed by atoms with E-state index in [4.69, 9.17) is 23.2 Å². The van der Waals surface area contributed by atoms with Crippen LogP contribution in [-0.2, 0) is 11.3 Å². The molecule has 0 aliphatic heterocycles. The van der Waals surface area contributed by atoms with E-state index in [-0.39, 0.29) is 11.7 Å². The van der Waals surface area contributed by atoms with Crippen molar-refractivity contribution in [2.45, 2.75) is 18.4 Å². The average molecular weight is 482 g/mol. The summed E-state index contributed by atoms with van der Waals surface area (Å²) in [5.74, 6) is 0.102. The largest absolute Gasteiger partial charge is 0.340 e. The molecule has 4 aromatic rings. The van der Waals surface area contributed by atoms with Gasteiger partial charge in [-0.25, -0.2) is 5.43 Å². The van der Waals surface area contributed by atoms with Crippen LogP contribution in [0.3, 0.4) is 0 Å². The molecule has 0 fully saturated rings. The highest BCUT2D eigenvalue weighted by molar-refractivity contribution is 8.00. The molecule has 0 bridgehead atoms. The van der Waals surface area contributed by atoms with Crippen LogP contribution in [0.25, 0.3) is 10.9 Å². The van der Waals surface area contributed by atoms with Gasteiger partial charge in [0.15, 0.2) is 0 Å². The van der Waals surface area contributed by atoms with E-state index in [1.54, 1.807) is 18.3 Å². The Hall–Kier alpha value is -2.73. The number of aromatic nitrogens is 1. The Kier molecular flexibility index (Phi) is 7.20. The van der Waals surface area contributed by atoms with Gasteiger partial charge >= 0.3 is 0 Å². The topological polar surface area (TPSA) is 46.4 Å². The first kappa shape index (κ1) is 22.5. The molecule has 1 heterocycles. The first-order chi connectivity index (χ1) is 15.5. The van der Waals surface area contributed by atoms with Gasteiger partial charge in [0.1, 0.15) is 0 Å². The number of halogens is 2. The predicted molar refractivity (Wildman–Crippen MR) is 135 cm³/mol. The number of nitrogens with zero attached hydrogens (tertiary/aromatic N) is 2. The van der Waals surface area contributed by atoms with E-state index in [0.717, 1.165) is 37.6 Å². The van der Waals surface area contributed by atoms with Crippen molar-refractivity contribution in [1.82, 2.24) is 9.99 Å². The first-order valence-electron chi connectivity index (χ1n) is 10.0. The molecular weight excluding hydrogens is 461 g/mol. The minimum absolute atomic E-state index is 0.168. The Labute approximate surface area is 201 Å². The van der Waals surface area contributed by atoms with Crippen LogP contribution in [0.1, 0.15) is 16.8 Å². The molecule has 0 unspecified atom stereocenters. The van der Waals surface area contributed by atoms with Gasteiger partial charge in [-0.1, -0.05) is 59.6 Å². The summed E-state index contributed by atoms with van der Waals surface area (Å²) in [4.78, 5) is 13.2. The smallest absolute Gasteiger partial charge is 0.250 e. The number of hydrogen-bond acceptors (Lipinski definition) is 3. The van der Waals surface area contributed by atoms with Gasteiger partial charge in [-0.3, -0.25) is 4.79 Å². The Balaban J connectivity index is 1.49. The van der Waals surface area contributed by atoms with E-state index in [0.29, 0.717) is 11.6 Å². The molecule has 0 radical (unpaired) electrons. The first-order valence-corrected chi connectivity index (χ1v) is 11.8. The maximum Gasteiger partial charge on any atom is 0.250 e. The number of hydrogen-bond donors (Lipinski definition) is 1. The Morgan fingerprint density at radius 1 is 1.03 bits per heavy atom. The molecule has 1 amide bonds. The van der Waals surface area contributed by atoms with Crippen molar-refractivity contribution in [3.05, 3.63) is 99.7 Å². The quantitative estimate of drug-likeness (QED) is 0.185. The highest BCUT2D eigenvalue weighted by Crippen LogP contribution is 2.27. The molecule has 3 aromatic carbocycles. The molecule has 0 atom stereocenters. The van der Waals surface area contributed by atoms with Gasteiger partial charge < -0.3 is 4.57 Å². The molecule has 7 heteroatoms. The lowest BCUT2D eigenvalue weighted by atomic mass is 10.1. The minimum atomic E-state index is -0.168. The number of fused-ring (bicyclic) bond motifs is 1. The molecule has 162 valence electrons. The number of carbonyl (C=O) groups is 1. The van der Waals surface area contributed by atoms with E-state index in [1.165, 1.54) is 11.8 Å². The highest BCUT2D eigenvalue weighted by Gasteiger charge is 2.13. The van der Waals surface area contributed by atoms with Crippen LogP contribution in [-0.4, -0.2) is 22.4 Å². The van der Waals surface area contributed by atoms with Gasteiger partial charge in [0.05, 0.1) is 12.0 Å². The lowest BCUT2D eigenvalue weighted by Gasteiger charge is -2.10. The van der Waals surface area contributed by atoms with Crippen molar-refractivity contribution in [2.24, 2.45) is 5.10 Å². The zero-order chi connectivity index (χ0) is 22.5. The van der Waals surface area contributed by atoms with Crippen LogP contribution >= 0.6 is 35.0 Å².